The number of rotatable bonds is 3. The van der Waals surface area contributed by atoms with E-state index in [9.17, 15) is 4.79 Å². The fraction of sp³-hybridized carbons (Fsp3) is 0.238. The van der Waals surface area contributed by atoms with Crippen LogP contribution in [0, 0.1) is 0 Å². The maximum atomic E-state index is 11.8. The van der Waals surface area contributed by atoms with Crippen molar-refractivity contribution in [3.8, 4) is 11.1 Å². The van der Waals surface area contributed by atoms with Crippen molar-refractivity contribution in [2.45, 2.75) is 26.3 Å². The van der Waals surface area contributed by atoms with Crippen LogP contribution in [0.15, 0.2) is 53.5 Å². The molecule has 0 saturated carbocycles. The van der Waals surface area contributed by atoms with E-state index in [0.717, 1.165) is 16.0 Å². The van der Waals surface area contributed by atoms with E-state index in [2.05, 4.69) is 37.4 Å². The first-order chi connectivity index (χ1) is 13.0. The summed E-state index contributed by atoms with van der Waals surface area (Å²) in [4.78, 5) is 18.0. The van der Waals surface area contributed by atoms with Crippen molar-refractivity contribution in [1.82, 2.24) is 0 Å². The molecule has 6 heteroatoms. The molecule has 0 atom stereocenters. The maximum Gasteiger partial charge on any atom is 0.338 e. The molecule has 0 fully saturated rings. The molecular formula is C21H20N2O2S2. The Kier molecular flexibility index (Phi) is 4.61. The molecule has 4 nitrogen and oxygen atoms in total. The number of nitrogens with one attached hydrogen (secondary N) is 1. The van der Waals surface area contributed by atoms with Crippen LogP contribution in [0.3, 0.4) is 0 Å². The average Bonchev–Trinajstić information content (AvgIpc) is 3.07. The zero-order valence-corrected chi connectivity index (χ0v) is 17.0. The second-order valence-corrected chi connectivity index (χ2v) is 8.98. The third kappa shape index (κ3) is 3.31. The summed E-state index contributed by atoms with van der Waals surface area (Å²) in [6.07, 6.45) is 0. The average molecular weight is 397 g/mol. The summed E-state index contributed by atoms with van der Waals surface area (Å²) in [5.74, 6) is -0.304. The SMILES string of the molecule is CCOC(=O)c1ccc(N=c2ssc3c2-c2ccccc2NC3(C)C)cc1. The molecule has 0 unspecified atom stereocenters. The lowest BCUT2D eigenvalue weighted by molar-refractivity contribution is 0.0526. The summed E-state index contributed by atoms with van der Waals surface area (Å²) in [5, 5.41) is 3.63. The first-order valence-electron chi connectivity index (χ1n) is 8.82. The number of benzene rings is 2. The third-order valence-corrected chi connectivity index (χ3v) is 7.11. The van der Waals surface area contributed by atoms with E-state index in [-0.39, 0.29) is 11.5 Å². The first kappa shape index (κ1) is 17.9. The predicted molar refractivity (Wildman–Crippen MR) is 112 cm³/mol. The molecule has 0 saturated heterocycles. The quantitative estimate of drug-likeness (QED) is 0.467. The number of carbonyl (C=O) groups excluding carboxylic acids is 1. The number of anilines is 1. The van der Waals surface area contributed by atoms with Crippen LogP contribution in [-0.4, -0.2) is 12.6 Å². The summed E-state index contributed by atoms with van der Waals surface area (Å²) in [5.41, 5.74) is 4.77. The van der Waals surface area contributed by atoms with Crippen molar-refractivity contribution in [3.63, 3.8) is 0 Å². The van der Waals surface area contributed by atoms with Gasteiger partial charge in [0, 0.05) is 16.8 Å². The number of fused-ring (bicyclic) bond motifs is 3. The lowest BCUT2D eigenvalue weighted by atomic mass is 9.90. The van der Waals surface area contributed by atoms with Crippen molar-refractivity contribution < 1.29 is 9.53 Å². The highest BCUT2D eigenvalue weighted by atomic mass is 32.9. The number of carbonyl (C=O) groups is 1. The minimum atomic E-state index is -0.304. The van der Waals surface area contributed by atoms with Crippen LogP contribution in [0.4, 0.5) is 11.4 Å². The number of para-hydroxylation sites is 1. The Morgan fingerprint density at radius 2 is 1.85 bits per heavy atom. The summed E-state index contributed by atoms with van der Waals surface area (Å²) >= 11 is 0. The second kappa shape index (κ2) is 6.94. The largest absolute Gasteiger partial charge is 0.462 e. The Balaban J connectivity index is 1.79. The molecule has 1 aliphatic rings. The van der Waals surface area contributed by atoms with Crippen molar-refractivity contribution >= 4 is 38.0 Å². The van der Waals surface area contributed by atoms with Gasteiger partial charge in [-0.25, -0.2) is 9.79 Å². The minimum Gasteiger partial charge on any atom is -0.462 e. The van der Waals surface area contributed by atoms with Gasteiger partial charge in [0.05, 0.1) is 28.3 Å². The summed E-state index contributed by atoms with van der Waals surface area (Å²) in [7, 11) is 3.46. The highest BCUT2D eigenvalue weighted by Gasteiger charge is 2.33. The maximum absolute atomic E-state index is 11.8. The van der Waals surface area contributed by atoms with E-state index in [1.165, 1.54) is 16.0 Å². The molecule has 1 N–H and O–H groups in total. The Labute approximate surface area is 165 Å². The van der Waals surface area contributed by atoms with E-state index < -0.39 is 0 Å². The van der Waals surface area contributed by atoms with Crippen LogP contribution in [0.2, 0.25) is 0 Å². The number of hydrogen-bond acceptors (Lipinski definition) is 6. The van der Waals surface area contributed by atoms with Gasteiger partial charge in [0.2, 0.25) is 0 Å². The topological polar surface area (TPSA) is 50.7 Å². The second-order valence-electron chi connectivity index (χ2n) is 6.85. The first-order valence-corrected chi connectivity index (χ1v) is 11.0. The van der Waals surface area contributed by atoms with Gasteiger partial charge < -0.3 is 10.1 Å². The lowest BCUT2D eigenvalue weighted by Gasteiger charge is -2.33. The molecular weight excluding hydrogens is 376 g/mol. The fourth-order valence-electron chi connectivity index (χ4n) is 3.20. The Morgan fingerprint density at radius 3 is 2.59 bits per heavy atom. The molecule has 2 aromatic carbocycles. The van der Waals surface area contributed by atoms with Gasteiger partial charge in [0.25, 0.3) is 0 Å². The molecule has 0 spiro atoms. The molecule has 27 heavy (non-hydrogen) atoms. The molecule has 3 aromatic rings. The van der Waals surface area contributed by atoms with Crippen molar-refractivity contribution in [2.75, 3.05) is 11.9 Å². The normalized spacial score (nSPS) is 14.9. The highest BCUT2D eigenvalue weighted by Crippen LogP contribution is 2.45. The third-order valence-electron chi connectivity index (χ3n) is 4.47. The fourth-order valence-corrected chi connectivity index (χ4v) is 6.14. The van der Waals surface area contributed by atoms with Crippen LogP contribution in [0.1, 0.15) is 36.0 Å². The Bertz CT molecular complexity index is 1060. The summed E-state index contributed by atoms with van der Waals surface area (Å²) in [6.45, 7) is 6.57. The highest BCUT2D eigenvalue weighted by molar-refractivity contribution is 7.68. The summed E-state index contributed by atoms with van der Waals surface area (Å²) in [6, 6.07) is 15.6. The van der Waals surface area contributed by atoms with Gasteiger partial charge in [0.15, 0.2) is 0 Å². The van der Waals surface area contributed by atoms with Gasteiger partial charge in [0.1, 0.15) is 4.67 Å². The van der Waals surface area contributed by atoms with E-state index in [1.807, 2.05) is 18.2 Å². The molecule has 0 radical (unpaired) electrons. The van der Waals surface area contributed by atoms with Gasteiger partial charge in [-0.15, -0.1) is 0 Å². The van der Waals surface area contributed by atoms with Crippen LogP contribution in [0.5, 0.6) is 0 Å². The molecule has 1 aliphatic heterocycles. The van der Waals surface area contributed by atoms with Crippen LogP contribution in [-0.2, 0) is 10.3 Å². The van der Waals surface area contributed by atoms with Crippen molar-refractivity contribution in [2.24, 2.45) is 4.99 Å². The zero-order chi connectivity index (χ0) is 19.0. The van der Waals surface area contributed by atoms with Gasteiger partial charge in [-0.2, -0.15) is 0 Å². The number of esters is 1. The van der Waals surface area contributed by atoms with Gasteiger partial charge >= 0.3 is 5.97 Å². The standard InChI is InChI=1S/C21H20N2O2S2/c1-4-25-20(24)13-9-11-14(12-10-13)22-19-17-15-7-5-6-8-16(15)23-21(2,3)18(17)26-27-19/h5-12,23H,4H2,1-3H3. The zero-order valence-electron chi connectivity index (χ0n) is 15.4. The van der Waals surface area contributed by atoms with Crippen molar-refractivity contribution in [3.05, 3.63) is 63.6 Å². The lowest BCUT2D eigenvalue weighted by Crippen LogP contribution is -2.31. The number of nitrogens with zero attached hydrogens (tertiary/aromatic N) is 1. The minimum absolute atomic E-state index is 0.133. The molecule has 138 valence electrons. The predicted octanol–water partition coefficient (Wildman–Crippen LogP) is 5.55. The van der Waals surface area contributed by atoms with Crippen LogP contribution >= 0.6 is 20.7 Å². The molecule has 0 amide bonds. The van der Waals surface area contributed by atoms with Crippen LogP contribution < -0.4 is 9.99 Å². The molecule has 0 bridgehead atoms. The van der Waals surface area contributed by atoms with E-state index >= 15 is 0 Å². The van der Waals surface area contributed by atoms with Crippen LogP contribution in [0.25, 0.3) is 11.1 Å². The molecule has 2 heterocycles. The number of hydrogen-bond donors (Lipinski definition) is 1. The van der Waals surface area contributed by atoms with Gasteiger partial charge in [-0.05, 0) is 51.1 Å². The molecule has 4 rings (SSSR count). The van der Waals surface area contributed by atoms with E-state index in [0.29, 0.717) is 12.2 Å². The smallest absolute Gasteiger partial charge is 0.338 e. The number of ether oxygens (including phenoxy) is 1. The van der Waals surface area contributed by atoms with Crippen molar-refractivity contribution in [1.29, 1.82) is 0 Å². The summed E-state index contributed by atoms with van der Waals surface area (Å²) < 4.78 is 6.04. The Hall–Kier alpha value is -2.44. The van der Waals surface area contributed by atoms with Gasteiger partial charge in [-0.3, -0.25) is 0 Å². The van der Waals surface area contributed by atoms with Gasteiger partial charge in [-0.1, -0.05) is 38.9 Å². The molecule has 0 aliphatic carbocycles. The Morgan fingerprint density at radius 1 is 1.11 bits per heavy atom. The van der Waals surface area contributed by atoms with E-state index in [4.69, 9.17) is 9.73 Å². The van der Waals surface area contributed by atoms with E-state index in [1.54, 1.807) is 39.7 Å². The molecule has 1 aromatic heterocycles. The monoisotopic (exact) mass is 396 g/mol.